The lowest BCUT2D eigenvalue weighted by atomic mass is 10.1. The zero-order valence-electron chi connectivity index (χ0n) is 44.5. The van der Waals surface area contributed by atoms with Crippen LogP contribution in [0, 0.1) is 0 Å². The minimum Gasteiger partial charge on any atom is -0.462 e. The molecule has 390 valence electrons. The fourth-order valence-corrected chi connectivity index (χ4v) is 7.30. The fraction of sp³-hybridized carbons (Fsp3) is 0.635. The van der Waals surface area contributed by atoms with Gasteiger partial charge in [-0.05, 0) is 116 Å². The molecule has 0 amide bonds. The third kappa shape index (κ3) is 54.6. The van der Waals surface area contributed by atoms with Crippen molar-refractivity contribution in [3.63, 3.8) is 0 Å². The molecule has 6 nitrogen and oxygen atoms in total. The van der Waals surface area contributed by atoms with Crippen molar-refractivity contribution in [2.75, 3.05) is 13.2 Å². The summed E-state index contributed by atoms with van der Waals surface area (Å²) in [6.45, 7) is 6.30. The number of hydrogen-bond donors (Lipinski definition) is 0. The number of carbonyl (C=O) groups is 3. The third-order valence-electron chi connectivity index (χ3n) is 11.4. The summed E-state index contributed by atoms with van der Waals surface area (Å²) in [5, 5.41) is 0. The smallest absolute Gasteiger partial charge is 0.306 e. The molecule has 0 aliphatic rings. The fourth-order valence-electron chi connectivity index (χ4n) is 7.30. The van der Waals surface area contributed by atoms with Crippen LogP contribution in [0.1, 0.15) is 239 Å². The molecule has 0 aliphatic heterocycles. The van der Waals surface area contributed by atoms with Gasteiger partial charge in [0.05, 0.1) is 0 Å². The van der Waals surface area contributed by atoms with Crippen LogP contribution in [0.3, 0.4) is 0 Å². The summed E-state index contributed by atoms with van der Waals surface area (Å²) < 4.78 is 16.8. The maximum absolute atomic E-state index is 12.8. The van der Waals surface area contributed by atoms with E-state index in [1.165, 1.54) is 83.5 Å². The number of carbonyl (C=O) groups excluding carboxylic acids is 3. The molecular formula is C63H102O6. The van der Waals surface area contributed by atoms with Crippen molar-refractivity contribution >= 4 is 17.9 Å². The molecule has 0 spiro atoms. The second-order valence-electron chi connectivity index (χ2n) is 18.1. The zero-order chi connectivity index (χ0) is 50.0. The van der Waals surface area contributed by atoms with Gasteiger partial charge in [-0.1, -0.05) is 226 Å². The second-order valence-corrected chi connectivity index (χ2v) is 18.1. The molecule has 0 bridgehead atoms. The minimum atomic E-state index is -0.818. The number of hydrogen-bond acceptors (Lipinski definition) is 6. The molecule has 1 atom stereocenters. The largest absolute Gasteiger partial charge is 0.462 e. The molecular weight excluding hydrogens is 853 g/mol. The van der Waals surface area contributed by atoms with Gasteiger partial charge in [-0.25, -0.2) is 0 Å². The van der Waals surface area contributed by atoms with Crippen LogP contribution in [-0.2, 0) is 28.6 Å². The van der Waals surface area contributed by atoms with Gasteiger partial charge in [0, 0.05) is 19.3 Å². The normalized spacial score (nSPS) is 13.0. The quantitative estimate of drug-likeness (QED) is 0.0262. The molecule has 0 rings (SSSR count). The molecule has 0 aromatic rings. The van der Waals surface area contributed by atoms with Gasteiger partial charge in [-0.15, -0.1) is 0 Å². The number of esters is 3. The van der Waals surface area contributed by atoms with Crippen LogP contribution < -0.4 is 0 Å². The Morgan fingerprint density at radius 3 is 0.971 bits per heavy atom. The summed E-state index contributed by atoms with van der Waals surface area (Å²) in [6.07, 6.45) is 77.7. The molecule has 6 heteroatoms. The number of unbranched alkanes of at least 4 members (excludes halogenated alkanes) is 18. The van der Waals surface area contributed by atoms with Crippen molar-refractivity contribution in [1.82, 2.24) is 0 Å². The number of rotatable bonds is 49. The van der Waals surface area contributed by atoms with Crippen LogP contribution in [0.5, 0.6) is 0 Å². The van der Waals surface area contributed by atoms with Crippen molar-refractivity contribution in [3.8, 4) is 0 Å². The lowest BCUT2D eigenvalue weighted by Gasteiger charge is -2.18. The topological polar surface area (TPSA) is 78.9 Å². The lowest BCUT2D eigenvalue weighted by molar-refractivity contribution is -0.166. The van der Waals surface area contributed by atoms with Gasteiger partial charge in [0.25, 0.3) is 0 Å². The van der Waals surface area contributed by atoms with E-state index in [-0.39, 0.29) is 37.5 Å². The van der Waals surface area contributed by atoms with Crippen molar-refractivity contribution in [3.05, 3.63) is 122 Å². The first kappa shape index (κ1) is 64.8. The van der Waals surface area contributed by atoms with Gasteiger partial charge >= 0.3 is 17.9 Å². The van der Waals surface area contributed by atoms with Crippen LogP contribution in [0.2, 0.25) is 0 Å². The third-order valence-corrected chi connectivity index (χ3v) is 11.4. The Kier molecular flexibility index (Phi) is 53.0. The Balaban J connectivity index is 4.46. The van der Waals surface area contributed by atoms with E-state index in [0.29, 0.717) is 19.3 Å². The Labute approximate surface area is 424 Å². The zero-order valence-corrected chi connectivity index (χ0v) is 44.5. The van der Waals surface area contributed by atoms with Crippen molar-refractivity contribution in [2.24, 2.45) is 0 Å². The molecule has 0 aromatic heterocycles. The summed E-state index contributed by atoms with van der Waals surface area (Å²) in [4.78, 5) is 38.1. The molecule has 69 heavy (non-hydrogen) atoms. The van der Waals surface area contributed by atoms with Crippen molar-refractivity contribution in [1.29, 1.82) is 0 Å². The van der Waals surface area contributed by atoms with Gasteiger partial charge in [0.1, 0.15) is 13.2 Å². The molecule has 0 aliphatic carbocycles. The summed E-state index contributed by atoms with van der Waals surface area (Å²) >= 11 is 0. The SMILES string of the molecule is CC/C=C\C/C=C\C/C=C\C/C=C\CCCCCCCCCCC(=O)OCC(COC(=O)CC/C=C\C/C=C\C/C=C\C/C=C\CC)OC(=O)CCCCCCCCC/C=C\C/C=C\CCCCC. The van der Waals surface area contributed by atoms with Crippen LogP contribution in [-0.4, -0.2) is 37.2 Å². The lowest BCUT2D eigenvalue weighted by Crippen LogP contribution is -2.30. The predicted octanol–water partition coefficient (Wildman–Crippen LogP) is 18.9. The summed E-state index contributed by atoms with van der Waals surface area (Å²) in [6, 6.07) is 0. The van der Waals surface area contributed by atoms with E-state index in [9.17, 15) is 14.4 Å². The van der Waals surface area contributed by atoms with Crippen molar-refractivity contribution in [2.45, 2.75) is 245 Å². The van der Waals surface area contributed by atoms with E-state index >= 15 is 0 Å². The van der Waals surface area contributed by atoms with Crippen LogP contribution in [0.25, 0.3) is 0 Å². The van der Waals surface area contributed by atoms with E-state index in [4.69, 9.17) is 14.2 Å². The first-order valence-corrected chi connectivity index (χ1v) is 28.0. The Hall–Kier alpha value is -4.19. The summed E-state index contributed by atoms with van der Waals surface area (Å²) in [7, 11) is 0. The Bertz CT molecular complexity index is 1470. The highest BCUT2D eigenvalue weighted by atomic mass is 16.6. The molecule has 0 N–H and O–H groups in total. The minimum absolute atomic E-state index is 0.111. The molecule has 0 heterocycles. The number of allylic oxidation sites excluding steroid dienone is 20. The highest BCUT2D eigenvalue weighted by Crippen LogP contribution is 2.14. The van der Waals surface area contributed by atoms with E-state index in [1.54, 1.807) is 0 Å². The van der Waals surface area contributed by atoms with Gasteiger partial charge in [-0.2, -0.15) is 0 Å². The summed E-state index contributed by atoms with van der Waals surface area (Å²) in [5.41, 5.74) is 0. The molecule has 0 aromatic carbocycles. The van der Waals surface area contributed by atoms with E-state index < -0.39 is 6.10 Å². The summed E-state index contributed by atoms with van der Waals surface area (Å²) in [5.74, 6) is -1.01. The highest BCUT2D eigenvalue weighted by molar-refractivity contribution is 5.71. The van der Waals surface area contributed by atoms with Gasteiger partial charge < -0.3 is 14.2 Å². The molecule has 0 fully saturated rings. The number of ether oxygens (including phenoxy) is 3. The van der Waals surface area contributed by atoms with Gasteiger partial charge in [0.15, 0.2) is 6.10 Å². The predicted molar refractivity (Wildman–Crippen MR) is 297 cm³/mol. The Morgan fingerprint density at radius 1 is 0.304 bits per heavy atom. The monoisotopic (exact) mass is 955 g/mol. The average Bonchev–Trinajstić information content (AvgIpc) is 3.35. The van der Waals surface area contributed by atoms with E-state index in [0.717, 1.165) is 109 Å². The Morgan fingerprint density at radius 2 is 0.594 bits per heavy atom. The second kappa shape index (κ2) is 56.4. The molecule has 0 saturated carbocycles. The van der Waals surface area contributed by atoms with Crippen LogP contribution in [0.15, 0.2) is 122 Å². The standard InChI is InChI=1S/C63H102O6/c1-4-7-10-13-16-19-22-25-27-29-30-31-32-34-35-38-41-44-47-50-53-56-62(65)68-59-60(58-67-61(64)55-52-49-46-43-40-37-24-21-18-15-12-9-6-3)69-63(66)57-54-51-48-45-42-39-36-33-28-26-23-20-17-14-11-8-5-2/h7,9-10,12,16-21,25-28,30-31,37,40,46,49,60H,4-6,8,11,13-15,22-24,29,32-36,38-39,41-45,47-48,50-59H2,1-3H3/b10-7-,12-9-,19-16-,20-17-,21-18-,27-25-,28-26-,31-30-,40-37-,49-46-. The highest BCUT2D eigenvalue weighted by Gasteiger charge is 2.19. The van der Waals surface area contributed by atoms with Gasteiger partial charge in [-0.3, -0.25) is 14.4 Å². The van der Waals surface area contributed by atoms with Crippen LogP contribution in [0.4, 0.5) is 0 Å². The maximum atomic E-state index is 12.8. The van der Waals surface area contributed by atoms with E-state index in [2.05, 4.69) is 130 Å². The maximum Gasteiger partial charge on any atom is 0.306 e. The van der Waals surface area contributed by atoms with Crippen molar-refractivity contribution < 1.29 is 28.6 Å². The average molecular weight is 956 g/mol. The van der Waals surface area contributed by atoms with Gasteiger partial charge in [0.2, 0.25) is 0 Å². The first-order valence-electron chi connectivity index (χ1n) is 28.0. The molecule has 0 radical (unpaired) electrons. The van der Waals surface area contributed by atoms with E-state index in [1.807, 2.05) is 12.2 Å². The molecule has 0 saturated heterocycles. The molecule has 1 unspecified atom stereocenters. The van der Waals surface area contributed by atoms with Crippen LogP contribution >= 0.6 is 0 Å². The first-order chi connectivity index (χ1) is 34.0.